The Morgan fingerprint density at radius 2 is 2.35 bits per heavy atom. The van der Waals surface area contributed by atoms with Crippen LogP contribution in [0.5, 0.6) is 5.75 Å². The number of hydroxylamine groups is 2. The third-order valence-corrected chi connectivity index (χ3v) is 3.16. The SMILES string of the molecule is COc1ccc(N)cc1NC(=O)CCN1CCCCO1. The van der Waals surface area contributed by atoms with Crippen LogP contribution in [0.25, 0.3) is 0 Å². The molecule has 0 spiro atoms. The maximum Gasteiger partial charge on any atom is 0.225 e. The number of rotatable bonds is 5. The summed E-state index contributed by atoms with van der Waals surface area (Å²) < 4.78 is 5.19. The Labute approximate surface area is 118 Å². The molecule has 6 nitrogen and oxygen atoms in total. The molecule has 3 N–H and O–H groups in total. The second kappa shape index (κ2) is 7.12. The average Bonchev–Trinajstić information content (AvgIpc) is 2.46. The largest absolute Gasteiger partial charge is 0.495 e. The van der Waals surface area contributed by atoms with Crippen molar-refractivity contribution >= 4 is 17.3 Å². The number of benzene rings is 1. The van der Waals surface area contributed by atoms with E-state index >= 15 is 0 Å². The predicted octanol–water partition coefficient (Wildman–Crippen LogP) is 1.63. The van der Waals surface area contributed by atoms with Crippen LogP contribution in [0, 0.1) is 0 Å². The summed E-state index contributed by atoms with van der Waals surface area (Å²) in [5.41, 5.74) is 6.89. The van der Waals surface area contributed by atoms with Gasteiger partial charge in [0.1, 0.15) is 5.75 Å². The first-order valence-electron chi connectivity index (χ1n) is 6.80. The molecule has 2 rings (SSSR count). The van der Waals surface area contributed by atoms with Crippen LogP contribution in [0.15, 0.2) is 18.2 Å². The van der Waals surface area contributed by atoms with Crippen molar-refractivity contribution in [1.29, 1.82) is 0 Å². The number of carbonyl (C=O) groups excluding carboxylic acids is 1. The highest BCUT2D eigenvalue weighted by molar-refractivity contribution is 5.93. The minimum atomic E-state index is -0.0805. The van der Waals surface area contributed by atoms with Gasteiger partial charge in [0.25, 0.3) is 0 Å². The zero-order chi connectivity index (χ0) is 14.4. The van der Waals surface area contributed by atoms with Gasteiger partial charge in [-0.05, 0) is 31.0 Å². The van der Waals surface area contributed by atoms with Crippen LogP contribution in [0.4, 0.5) is 11.4 Å². The van der Waals surface area contributed by atoms with E-state index in [1.54, 1.807) is 25.3 Å². The fourth-order valence-corrected chi connectivity index (χ4v) is 2.09. The van der Waals surface area contributed by atoms with Crippen LogP contribution in [-0.2, 0) is 9.63 Å². The van der Waals surface area contributed by atoms with E-state index in [2.05, 4.69) is 5.32 Å². The van der Waals surface area contributed by atoms with Crippen LogP contribution in [0.2, 0.25) is 0 Å². The predicted molar refractivity (Wildman–Crippen MR) is 77.4 cm³/mol. The number of methoxy groups -OCH3 is 1. The lowest BCUT2D eigenvalue weighted by atomic mass is 10.2. The lowest BCUT2D eigenvalue weighted by Gasteiger charge is -2.25. The minimum Gasteiger partial charge on any atom is -0.495 e. The van der Waals surface area contributed by atoms with Crippen molar-refractivity contribution in [1.82, 2.24) is 5.06 Å². The first-order chi connectivity index (χ1) is 9.69. The number of nitrogens with zero attached hydrogens (tertiary/aromatic N) is 1. The van der Waals surface area contributed by atoms with Gasteiger partial charge in [0.15, 0.2) is 0 Å². The van der Waals surface area contributed by atoms with Crippen LogP contribution in [0.1, 0.15) is 19.3 Å². The van der Waals surface area contributed by atoms with Crippen molar-refractivity contribution in [2.24, 2.45) is 0 Å². The van der Waals surface area contributed by atoms with Crippen LogP contribution in [-0.4, -0.2) is 37.8 Å². The summed E-state index contributed by atoms with van der Waals surface area (Å²) in [6.45, 7) is 2.22. The van der Waals surface area contributed by atoms with Crippen molar-refractivity contribution in [2.75, 3.05) is 37.9 Å². The maximum atomic E-state index is 11.9. The van der Waals surface area contributed by atoms with Gasteiger partial charge in [-0.2, -0.15) is 5.06 Å². The van der Waals surface area contributed by atoms with Gasteiger partial charge in [-0.1, -0.05) is 0 Å². The van der Waals surface area contributed by atoms with Crippen molar-refractivity contribution in [3.05, 3.63) is 18.2 Å². The molecule has 0 saturated carbocycles. The van der Waals surface area contributed by atoms with Crippen molar-refractivity contribution in [2.45, 2.75) is 19.3 Å². The molecule has 1 amide bonds. The number of hydrogen-bond acceptors (Lipinski definition) is 5. The second-order valence-electron chi connectivity index (χ2n) is 4.73. The van der Waals surface area contributed by atoms with Gasteiger partial charge >= 0.3 is 0 Å². The van der Waals surface area contributed by atoms with E-state index in [4.69, 9.17) is 15.3 Å². The number of nitrogens with two attached hydrogens (primary N) is 1. The highest BCUT2D eigenvalue weighted by Gasteiger charge is 2.13. The Hall–Kier alpha value is -1.79. The summed E-state index contributed by atoms with van der Waals surface area (Å²) >= 11 is 0. The fourth-order valence-electron chi connectivity index (χ4n) is 2.09. The van der Waals surface area contributed by atoms with E-state index < -0.39 is 0 Å². The Bertz CT molecular complexity index is 459. The number of carbonyl (C=O) groups is 1. The molecule has 0 aliphatic carbocycles. The molecule has 0 aromatic heterocycles. The van der Waals surface area contributed by atoms with Gasteiger partial charge < -0.3 is 15.8 Å². The number of amides is 1. The van der Waals surface area contributed by atoms with E-state index in [1.807, 2.05) is 5.06 Å². The fraction of sp³-hybridized carbons (Fsp3) is 0.500. The Kier molecular flexibility index (Phi) is 5.20. The number of anilines is 2. The molecule has 1 fully saturated rings. The molecule has 1 saturated heterocycles. The van der Waals surface area contributed by atoms with Gasteiger partial charge in [-0.3, -0.25) is 9.63 Å². The highest BCUT2D eigenvalue weighted by atomic mass is 16.7. The molecule has 1 aromatic rings. The van der Waals surface area contributed by atoms with Crippen LogP contribution in [0.3, 0.4) is 0 Å². The molecule has 1 aromatic carbocycles. The van der Waals surface area contributed by atoms with E-state index in [9.17, 15) is 4.79 Å². The molecule has 0 unspecified atom stereocenters. The minimum absolute atomic E-state index is 0.0805. The molecule has 110 valence electrons. The van der Waals surface area contributed by atoms with Crippen molar-refractivity contribution in [3.63, 3.8) is 0 Å². The molecular formula is C14H21N3O3. The molecule has 1 heterocycles. The van der Waals surface area contributed by atoms with Gasteiger partial charge in [-0.25, -0.2) is 0 Å². The standard InChI is InChI=1S/C14H21N3O3/c1-19-13-5-4-11(15)10-12(13)16-14(18)6-8-17-7-2-3-9-20-17/h4-5,10H,2-3,6-9,15H2,1H3,(H,16,18). The normalized spacial score (nSPS) is 15.8. The quantitative estimate of drug-likeness (QED) is 0.801. The van der Waals surface area contributed by atoms with Gasteiger partial charge in [0, 0.05) is 25.2 Å². The van der Waals surface area contributed by atoms with Gasteiger partial charge in [0.05, 0.1) is 19.4 Å². The number of hydrogen-bond donors (Lipinski definition) is 2. The number of nitrogen functional groups attached to an aromatic ring is 1. The highest BCUT2D eigenvalue weighted by Crippen LogP contribution is 2.26. The first-order valence-corrected chi connectivity index (χ1v) is 6.80. The second-order valence-corrected chi connectivity index (χ2v) is 4.73. The Morgan fingerprint density at radius 3 is 3.05 bits per heavy atom. The summed E-state index contributed by atoms with van der Waals surface area (Å²) in [6.07, 6.45) is 2.58. The average molecular weight is 279 g/mol. The third-order valence-electron chi connectivity index (χ3n) is 3.16. The van der Waals surface area contributed by atoms with Crippen molar-refractivity contribution < 1.29 is 14.4 Å². The molecule has 1 aliphatic rings. The molecular weight excluding hydrogens is 258 g/mol. The Morgan fingerprint density at radius 1 is 1.50 bits per heavy atom. The van der Waals surface area contributed by atoms with E-state index in [0.717, 1.165) is 26.0 Å². The van der Waals surface area contributed by atoms with E-state index in [1.165, 1.54) is 0 Å². The summed E-state index contributed by atoms with van der Waals surface area (Å²) in [7, 11) is 1.56. The van der Waals surface area contributed by atoms with E-state index in [-0.39, 0.29) is 5.91 Å². The zero-order valence-electron chi connectivity index (χ0n) is 11.7. The van der Waals surface area contributed by atoms with Crippen LogP contribution >= 0.6 is 0 Å². The van der Waals surface area contributed by atoms with Gasteiger partial charge in [-0.15, -0.1) is 0 Å². The van der Waals surface area contributed by atoms with Crippen LogP contribution < -0.4 is 15.8 Å². The lowest BCUT2D eigenvalue weighted by Crippen LogP contribution is -2.32. The number of nitrogens with one attached hydrogen (secondary N) is 1. The molecule has 1 aliphatic heterocycles. The monoisotopic (exact) mass is 279 g/mol. The molecule has 0 radical (unpaired) electrons. The summed E-state index contributed by atoms with van der Waals surface area (Å²) in [4.78, 5) is 17.4. The molecule has 20 heavy (non-hydrogen) atoms. The van der Waals surface area contributed by atoms with Gasteiger partial charge in [0.2, 0.25) is 5.91 Å². The third kappa shape index (κ3) is 4.11. The smallest absolute Gasteiger partial charge is 0.225 e. The zero-order valence-corrected chi connectivity index (χ0v) is 11.7. The lowest BCUT2D eigenvalue weighted by molar-refractivity contribution is -0.181. The maximum absolute atomic E-state index is 11.9. The van der Waals surface area contributed by atoms with Crippen molar-refractivity contribution in [3.8, 4) is 5.75 Å². The summed E-state index contributed by atoms with van der Waals surface area (Å²) in [6, 6.07) is 5.16. The summed E-state index contributed by atoms with van der Waals surface area (Å²) in [5, 5.41) is 4.66. The molecule has 0 atom stereocenters. The molecule has 6 heteroatoms. The molecule has 0 bridgehead atoms. The Balaban J connectivity index is 1.86. The number of ether oxygens (including phenoxy) is 1. The first kappa shape index (κ1) is 14.6. The summed E-state index contributed by atoms with van der Waals surface area (Å²) in [5.74, 6) is 0.518. The topological polar surface area (TPSA) is 76.8 Å². The van der Waals surface area contributed by atoms with E-state index in [0.29, 0.717) is 30.1 Å².